The number of aromatic nitrogens is 4. The van der Waals surface area contributed by atoms with Crippen LogP contribution in [0.1, 0.15) is 26.7 Å². The molecule has 1 atom stereocenters. The van der Waals surface area contributed by atoms with E-state index in [9.17, 15) is 4.79 Å². The Labute approximate surface area is 128 Å². The van der Waals surface area contributed by atoms with E-state index in [1.807, 2.05) is 30.5 Å². The summed E-state index contributed by atoms with van der Waals surface area (Å²) in [5.74, 6) is 0.717. The van der Waals surface area contributed by atoms with E-state index in [4.69, 9.17) is 12.2 Å². The van der Waals surface area contributed by atoms with Gasteiger partial charge in [-0.05, 0) is 37.7 Å². The zero-order valence-corrected chi connectivity index (χ0v) is 13.0. The van der Waals surface area contributed by atoms with Crippen molar-refractivity contribution in [1.82, 2.24) is 25.1 Å². The fraction of sp³-hybridized carbons (Fsp3) is 0.429. The molecule has 0 saturated heterocycles. The first-order valence-corrected chi connectivity index (χ1v) is 7.37. The van der Waals surface area contributed by atoms with Crippen LogP contribution in [0.5, 0.6) is 0 Å². The number of H-pyrrole nitrogens is 1. The van der Waals surface area contributed by atoms with Crippen molar-refractivity contribution in [3.63, 3.8) is 0 Å². The first-order chi connectivity index (χ1) is 10.1. The molecule has 0 aliphatic rings. The number of pyridine rings is 1. The van der Waals surface area contributed by atoms with Gasteiger partial charge in [0.1, 0.15) is 0 Å². The van der Waals surface area contributed by atoms with E-state index < -0.39 is 0 Å². The molecular formula is C14H19N5OS. The van der Waals surface area contributed by atoms with Crippen molar-refractivity contribution in [3.05, 3.63) is 29.3 Å². The van der Waals surface area contributed by atoms with Gasteiger partial charge in [-0.1, -0.05) is 6.92 Å². The molecule has 0 radical (unpaired) electrons. The third-order valence-corrected chi connectivity index (χ3v) is 3.57. The minimum atomic E-state index is 0.0181. The number of hydrogen-bond acceptors (Lipinski definition) is 4. The van der Waals surface area contributed by atoms with Crippen LogP contribution < -0.4 is 5.32 Å². The van der Waals surface area contributed by atoms with Crippen LogP contribution in [0.4, 0.5) is 0 Å². The standard InChI is InChI=1S/C14H19N5OS/c1-3-10(2)16-12(20)6-8-19-13(17-18-14(19)21)11-5-4-7-15-9-11/h4-5,7,9-10H,3,6,8H2,1-2H3,(H,16,20)(H,18,21). The van der Waals surface area contributed by atoms with Gasteiger partial charge in [0, 0.05) is 37.0 Å². The number of hydrogen-bond donors (Lipinski definition) is 2. The van der Waals surface area contributed by atoms with Gasteiger partial charge in [0.15, 0.2) is 10.6 Å². The molecule has 1 unspecified atom stereocenters. The van der Waals surface area contributed by atoms with Crippen LogP contribution >= 0.6 is 12.2 Å². The lowest BCUT2D eigenvalue weighted by Gasteiger charge is -2.12. The van der Waals surface area contributed by atoms with Crippen molar-refractivity contribution in [1.29, 1.82) is 0 Å². The summed E-state index contributed by atoms with van der Waals surface area (Å²) in [6.07, 6.45) is 4.71. The van der Waals surface area contributed by atoms with Crippen molar-refractivity contribution in [2.75, 3.05) is 0 Å². The second-order valence-electron chi connectivity index (χ2n) is 4.87. The van der Waals surface area contributed by atoms with E-state index in [0.29, 0.717) is 23.6 Å². The van der Waals surface area contributed by atoms with Crippen LogP contribution in [-0.4, -0.2) is 31.7 Å². The van der Waals surface area contributed by atoms with Crippen LogP contribution in [0.2, 0.25) is 0 Å². The summed E-state index contributed by atoms with van der Waals surface area (Å²) in [4.78, 5) is 15.9. The lowest BCUT2D eigenvalue weighted by atomic mass is 10.2. The van der Waals surface area contributed by atoms with Crippen LogP contribution in [0.15, 0.2) is 24.5 Å². The Morgan fingerprint density at radius 1 is 1.57 bits per heavy atom. The number of amides is 1. The van der Waals surface area contributed by atoms with Crippen molar-refractivity contribution in [2.24, 2.45) is 0 Å². The summed E-state index contributed by atoms with van der Waals surface area (Å²) < 4.78 is 2.33. The summed E-state index contributed by atoms with van der Waals surface area (Å²) in [7, 11) is 0. The van der Waals surface area contributed by atoms with Gasteiger partial charge in [-0.3, -0.25) is 19.4 Å². The number of nitrogens with one attached hydrogen (secondary N) is 2. The Hall–Kier alpha value is -2.02. The quantitative estimate of drug-likeness (QED) is 0.803. The smallest absolute Gasteiger partial charge is 0.222 e. The van der Waals surface area contributed by atoms with Crippen molar-refractivity contribution in [3.8, 4) is 11.4 Å². The highest BCUT2D eigenvalue weighted by Gasteiger charge is 2.11. The van der Waals surface area contributed by atoms with E-state index in [2.05, 4.69) is 20.5 Å². The molecule has 1 amide bonds. The molecular weight excluding hydrogens is 286 g/mol. The molecule has 2 aromatic heterocycles. The lowest BCUT2D eigenvalue weighted by Crippen LogP contribution is -2.32. The van der Waals surface area contributed by atoms with Gasteiger partial charge in [-0.25, -0.2) is 0 Å². The molecule has 0 spiro atoms. The number of aromatic amines is 1. The summed E-state index contributed by atoms with van der Waals surface area (Å²) >= 11 is 5.23. The van der Waals surface area contributed by atoms with Gasteiger partial charge in [0.2, 0.25) is 5.91 Å². The number of carbonyl (C=O) groups excluding carboxylic acids is 1. The van der Waals surface area contributed by atoms with Crippen molar-refractivity contribution < 1.29 is 4.79 Å². The zero-order chi connectivity index (χ0) is 15.2. The maximum atomic E-state index is 11.9. The third-order valence-electron chi connectivity index (χ3n) is 3.26. The molecule has 0 bridgehead atoms. The van der Waals surface area contributed by atoms with E-state index in [1.165, 1.54) is 0 Å². The van der Waals surface area contributed by atoms with E-state index in [-0.39, 0.29) is 11.9 Å². The Morgan fingerprint density at radius 3 is 3.05 bits per heavy atom. The van der Waals surface area contributed by atoms with Gasteiger partial charge in [-0.2, -0.15) is 5.10 Å². The van der Waals surface area contributed by atoms with Crippen molar-refractivity contribution >= 4 is 18.1 Å². The topological polar surface area (TPSA) is 75.6 Å². The molecule has 7 heteroatoms. The Kier molecular flexibility index (Phi) is 5.21. The molecule has 2 heterocycles. The predicted molar refractivity (Wildman–Crippen MR) is 83.2 cm³/mol. The molecule has 0 aliphatic heterocycles. The second-order valence-corrected chi connectivity index (χ2v) is 5.26. The lowest BCUT2D eigenvalue weighted by molar-refractivity contribution is -0.121. The molecule has 6 nitrogen and oxygen atoms in total. The van der Waals surface area contributed by atoms with Crippen LogP contribution in [0.3, 0.4) is 0 Å². The Balaban J connectivity index is 2.09. The van der Waals surface area contributed by atoms with Gasteiger partial charge in [0.05, 0.1) is 0 Å². The highest BCUT2D eigenvalue weighted by molar-refractivity contribution is 7.71. The van der Waals surface area contributed by atoms with Gasteiger partial charge >= 0.3 is 0 Å². The molecule has 0 fully saturated rings. The van der Waals surface area contributed by atoms with Crippen LogP contribution in [-0.2, 0) is 11.3 Å². The minimum absolute atomic E-state index is 0.0181. The average molecular weight is 305 g/mol. The first-order valence-electron chi connectivity index (χ1n) is 6.96. The highest BCUT2D eigenvalue weighted by Crippen LogP contribution is 2.15. The fourth-order valence-corrected chi connectivity index (χ4v) is 2.13. The molecule has 2 aromatic rings. The highest BCUT2D eigenvalue weighted by atomic mass is 32.1. The fourth-order valence-electron chi connectivity index (χ4n) is 1.90. The summed E-state index contributed by atoms with van der Waals surface area (Å²) in [6, 6.07) is 3.94. The van der Waals surface area contributed by atoms with Crippen LogP contribution in [0.25, 0.3) is 11.4 Å². The molecule has 0 aromatic carbocycles. The van der Waals surface area contributed by atoms with Gasteiger partial charge in [-0.15, -0.1) is 0 Å². The zero-order valence-electron chi connectivity index (χ0n) is 12.2. The summed E-state index contributed by atoms with van der Waals surface area (Å²) in [5, 5.41) is 9.92. The van der Waals surface area contributed by atoms with Gasteiger partial charge in [0.25, 0.3) is 0 Å². The van der Waals surface area contributed by atoms with E-state index in [1.54, 1.807) is 12.4 Å². The molecule has 112 valence electrons. The Morgan fingerprint density at radius 2 is 2.38 bits per heavy atom. The maximum Gasteiger partial charge on any atom is 0.222 e. The number of carbonyl (C=O) groups is 1. The molecule has 21 heavy (non-hydrogen) atoms. The maximum absolute atomic E-state index is 11.9. The molecule has 0 saturated carbocycles. The third kappa shape index (κ3) is 3.98. The molecule has 0 aliphatic carbocycles. The van der Waals surface area contributed by atoms with E-state index in [0.717, 1.165) is 12.0 Å². The summed E-state index contributed by atoms with van der Waals surface area (Å²) in [5.41, 5.74) is 0.868. The SMILES string of the molecule is CCC(C)NC(=O)CCn1c(-c2cccnc2)n[nH]c1=S. The monoisotopic (exact) mass is 305 g/mol. The van der Waals surface area contributed by atoms with E-state index >= 15 is 0 Å². The summed E-state index contributed by atoms with van der Waals surface area (Å²) in [6.45, 7) is 4.52. The number of rotatable bonds is 6. The molecule has 2 N–H and O–H groups in total. The Bertz CT molecular complexity index is 649. The minimum Gasteiger partial charge on any atom is -0.354 e. The largest absolute Gasteiger partial charge is 0.354 e. The predicted octanol–water partition coefficient (Wildman–Crippen LogP) is 2.31. The normalized spacial score (nSPS) is 12.1. The average Bonchev–Trinajstić information content (AvgIpc) is 2.87. The van der Waals surface area contributed by atoms with Gasteiger partial charge < -0.3 is 5.32 Å². The number of nitrogens with zero attached hydrogens (tertiary/aromatic N) is 3. The molecule has 2 rings (SSSR count). The van der Waals surface area contributed by atoms with Crippen LogP contribution in [0, 0.1) is 4.77 Å². The van der Waals surface area contributed by atoms with Crippen molar-refractivity contribution in [2.45, 2.75) is 39.3 Å². The first kappa shape index (κ1) is 15.4. The second kappa shape index (κ2) is 7.12.